The molecule has 206 valence electrons. The van der Waals surface area contributed by atoms with Gasteiger partial charge in [-0.15, -0.1) is 0 Å². The van der Waals surface area contributed by atoms with Gasteiger partial charge in [-0.2, -0.15) is 29.9 Å². The van der Waals surface area contributed by atoms with Crippen LogP contribution in [0.3, 0.4) is 0 Å². The summed E-state index contributed by atoms with van der Waals surface area (Å²) in [6.07, 6.45) is 5.64. The number of nitrogens with zero attached hydrogens (tertiary/aromatic N) is 6. The predicted molar refractivity (Wildman–Crippen MR) is 142 cm³/mol. The van der Waals surface area contributed by atoms with Crippen LogP contribution in [0.5, 0.6) is 0 Å². The molecule has 0 saturated heterocycles. The van der Waals surface area contributed by atoms with E-state index in [9.17, 15) is 15.3 Å². The molecule has 0 amide bonds. The van der Waals surface area contributed by atoms with E-state index in [-0.39, 0.29) is 55.7 Å². The highest BCUT2D eigenvalue weighted by molar-refractivity contribution is 5.37. The van der Waals surface area contributed by atoms with Gasteiger partial charge in [0.25, 0.3) is 0 Å². The van der Waals surface area contributed by atoms with Gasteiger partial charge in [0.1, 0.15) is 11.6 Å². The van der Waals surface area contributed by atoms with Crippen LogP contribution in [0.15, 0.2) is 0 Å². The molecule has 13 nitrogen and oxygen atoms in total. The molecule has 0 aromatic carbocycles. The lowest BCUT2D eigenvalue weighted by Crippen LogP contribution is -2.28. The standard InChI is InChI=1S/C24H42N10O3/c1-4-16(11-35)26-22-30-19(29-21(25)33-22)14-8-7-9-15(10-14)20-31-23(27-17(5-2)12-36)34-24(32-20)28-18(6-3)13-37/h14-18,35-37H,4-13H2,1-3H3,(H3,25,26,29,30,33)(H2,27,28,31,32,34). The van der Waals surface area contributed by atoms with Gasteiger partial charge in [0.15, 0.2) is 0 Å². The number of aliphatic hydroxyl groups excluding tert-OH is 3. The van der Waals surface area contributed by atoms with Crippen molar-refractivity contribution in [3.8, 4) is 0 Å². The van der Waals surface area contributed by atoms with E-state index in [1.807, 2.05) is 20.8 Å². The van der Waals surface area contributed by atoms with Crippen molar-refractivity contribution in [1.29, 1.82) is 0 Å². The molecule has 1 aliphatic rings. The van der Waals surface area contributed by atoms with Crippen LogP contribution in [0.4, 0.5) is 23.8 Å². The van der Waals surface area contributed by atoms with Crippen molar-refractivity contribution in [2.75, 3.05) is 41.5 Å². The molecule has 5 atom stereocenters. The summed E-state index contributed by atoms with van der Waals surface area (Å²) >= 11 is 0. The smallest absolute Gasteiger partial charge is 0.228 e. The Morgan fingerprint density at radius 1 is 0.676 bits per heavy atom. The summed E-state index contributed by atoms with van der Waals surface area (Å²) < 4.78 is 0. The average molecular weight is 519 g/mol. The molecule has 5 unspecified atom stereocenters. The van der Waals surface area contributed by atoms with Gasteiger partial charge in [-0.25, -0.2) is 0 Å². The highest BCUT2D eigenvalue weighted by Crippen LogP contribution is 2.39. The number of aliphatic hydroxyl groups is 3. The molecule has 0 bridgehead atoms. The predicted octanol–water partition coefficient (Wildman–Crippen LogP) is 1.63. The number of anilines is 4. The Balaban J connectivity index is 1.86. The zero-order valence-electron chi connectivity index (χ0n) is 22.1. The monoisotopic (exact) mass is 518 g/mol. The Kier molecular flexibility index (Phi) is 11.0. The third-order valence-corrected chi connectivity index (χ3v) is 6.87. The fourth-order valence-electron chi connectivity index (χ4n) is 4.40. The molecule has 1 fully saturated rings. The molecular weight excluding hydrogens is 476 g/mol. The lowest BCUT2D eigenvalue weighted by Gasteiger charge is -2.28. The quantitative estimate of drug-likeness (QED) is 0.190. The fraction of sp³-hybridized carbons (Fsp3) is 0.750. The first-order valence-electron chi connectivity index (χ1n) is 13.3. The summed E-state index contributed by atoms with van der Waals surface area (Å²) in [6, 6.07) is -0.508. The summed E-state index contributed by atoms with van der Waals surface area (Å²) in [7, 11) is 0. The van der Waals surface area contributed by atoms with Crippen molar-refractivity contribution in [3.63, 3.8) is 0 Å². The van der Waals surface area contributed by atoms with Crippen molar-refractivity contribution in [2.45, 2.75) is 95.7 Å². The third-order valence-electron chi connectivity index (χ3n) is 6.87. The van der Waals surface area contributed by atoms with Gasteiger partial charge in [0.05, 0.1) is 37.9 Å². The maximum Gasteiger partial charge on any atom is 0.228 e. The number of aromatic nitrogens is 6. The van der Waals surface area contributed by atoms with E-state index in [1.165, 1.54) is 0 Å². The van der Waals surface area contributed by atoms with E-state index in [4.69, 9.17) is 15.7 Å². The van der Waals surface area contributed by atoms with Gasteiger partial charge in [-0.1, -0.05) is 27.2 Å². The second-order valence-corrected chi connectivity index (χ2v) is 9.57. The van der Waals surface area contributed by atoms with E-state index in [1.54, 1.807) is 0 Å². The number of rotatable bonds is 14. The minimum absolute atomic E-state index is 0.0284. The second-order valence-electron chi connectivity index (χ2n) is 9.57. The average Bonchev–Trinajstić information content (AvgIpc) is 2.93. The fourth-order valence-corrected chi connectivity index (χ4v) is 4.40. The molecule has 2 aromatic rings. The first-order valence-corrected chi connectivity index (χ1v) is 13.3. The molecule has 1 saturated carbocycles. The molecule has 0 aliphatic heterocycles. The molecule has 1 aliphatic carbocycles. The number of nitrogen functional groups attached to an aromatic ring is 1. The number of nitrogens with one attached hydrogen (secondary N) is 3. The van der Waals surface area contributed by atoms with Crippen molar-refractivity contribution in [3.05, 3.63) is 11.6 Å². The Labute approximate surface area is 218 Å². The van der Waals surface area contributed by atoms with Crippen LogP contribution in [-0.2, 0) is 0 Å². The topological polar surface area (TPSA) is 200 Å². The summed E-state index contributed by atoms with van der Waals surface area (Å²) in [6.45, 7) is 5.83. The highest BCUT2D eigenvalue weighted by Gasteiger charge is 2.30. The summed E-state index contributed by atoms with van der Waals surface area (Å²) in [5.41, 5.74) is 6.00. The zero-order valence-corrected chi connectivity index (χ0v) is 22.1. The van der Waals surface area contributed by atoms with Gasteiger partial charge in [0, 0.05) is 11.8 Å². The normalized spacial score (nSPS) is 20.2. The molecule has 2 heterocycles. The summed E-state index contributed by atoms with van der Waals surface area (Å²) in [5, 5.41) is 38.4. The van der Waals surface area contributed by atoms with Crippen LogP contribution in [0, 0.1) is 0 Å². The number of hydrogen-bond donors (Lipinski definition) is 7. The van der Waals surface area contributed by atoms with Gasteiger partial charge in [0.2, 0.25) is 23.8 Å². The van der Waals surface area contributed by atoms with Crippen LogP contribution in [0.1, 0.15) is 89.2 Å². The number of hydrogen-bond acceptors (Lipinski definition) is 13. The summed E-state index contributed by atoms with van der Waals surface area (Å²) in [5.74, 6) is 2.67. The first kappa shape index (κ1) is 28.7. The molecule has 0 spiro atoms. The molecule has 0 radical (unpaired) electrons. The molecule has 8 N–H and O–H groups in total. The molecular formula is C24H42N10O3. The maximum absolute atomic E-state index is 9.66. The van der Waals surface area contributed by atoms with E-state index in [0.29, 0.717) is 42.3 Å². The van der Waals surface area contributed by atoms with Crippen LogP contribution >= 0.6 is 0 Å². The van der Waals surface area contributed by atoms with Crippen molar-refractivity contribution in [2.24, 2.45) is 0 Å². The molecule has 2 aromatic heterocycles. The first-order chi connectivity index (χ1) is 17.9. The Bertz CT molecular complexity index is 938. The van der Waals surface area contributed by atoms with Gasteiger partial charge >= 0.3 is 0 Å². The Morgan fingerprint density at radius 3 is 1.49 bits per heavy atom. The van der Waals surface area contributed by atoms with Crippen LogP contribution in [0.2, 0.25) is 0 Å². The van der Waals surface area contributed by atoms with Crippen molar-refractivity contribution < 1.29 is 15.3 Å². The van der Waals surface area contributed by atoms with E-state index in [0.717, 1.165) is 32.1 Å². The van der Waals surface area contributed by atoms with Gasteiger partial charge < -0.3 is 37.0 Å². The van der Waals surface area contributed by atoms with Crippen molar-refractivity contribution in [1.82, 2.24) is 29.9 Å². The van der Waals surface area contributed by atoms with E-state index < -0.39 is 0 Å². The second kappa shape index (κ2) is 14.1. The van der Waals surface area contributed by atoms with Crippen LogP contribution in [0.25, 0.3) is 0 Å². The maximum atomic E-state index is 9.66. The minimum atomic E-state index is -0.174. The molecule has 37 heavy (non-hydrogen) atoms. The van der Waals surface area contributed by atoms with Crippen LogP contribution in [-0.4, -0.2) is 83.2 Å². The number of nitrogens with two attached hydrogens (primary N) is 1. The zero-order chi connectivity index (χ0) is 26.8. The van der Waals surface area contributed by atoms with Gasteiger partial charge in [-0.3, -0.25) is 0 Å². The van der Waals surface area contributed by atoms with Gasteiger partial charge in [-0.05, 0) is 38.5 Å². The minimum Gasteiger partial charge on any atom is -0.394 e. The largest absolute Gasteiger partial charge is 0.394 e. The summed E-state index contributed by atoms with van der Waals surface area (Å²) in [4.78, 5) is 27.2. The van der Waals surface area contributed by atoms with Crippen LogP contribution < -0.4 is 21.7 Å². The molecule has 13 heteroatoms. The lowest BCUT2D eigenvalue weighted by atomic mass is 9.80. The van der Waals surface area contributed by atoms with Crippen molar-refractivity contribution >= 4 is 23.8 Å². The SMILES string of the molecule is CCC(CO)Nc1nc(N)nc(C2CCCC(c3nc(NC(CC)CO)nc(NC(CC)CO)n3)C2)n1. The lowest BCUT2D eigenvalue weighted by molar-refractivity contribution is 0.270. The van der Waals surface area contributed by atoms with E-state index >= 15 is 0 Å². The Morgan fingerprint density at radius 2 is 1.08 bits per heavy atom. The van der Waals surface area contributed by atoms with E-state index in [2.05, 4.69) is 35.9 Å². The third kappa shape index (κ3) is 8.04. The Hall–Kier alpha value is -2.90. The highest BCUT2D eigenvalue weighted by atomic mass is 16.3. The molecule has 3 rings (SSSR count).